The van der Waals surface area contributed by atoms with Crippen LogP contribution in [0.4, 0.5) is 17.1 Å². The van der Waals surface area contributed by atoms with Crippen molar-refractivity contribution in [2.45, 2.75) is 5.41 Å². The fourth-order valence-corrected chi connectivity index (χ4v) is 10.8. The Bertz CT molecular complexity index is 3150. The van der Waals surface area contributed by atoms with Gasteiger partial charge in [-0.3, -0.25) is 0 Å². The predicted molar refractivity (Wildman–Crippen MR) is 234 cm³/mol. The average molecular weight is 732 g/mol. The van der Waals surface area contributed by atoms with E-state index in [1.54, 1.807) is 0 Å². The van der Waals surface area contributed by atoms with E-state index >= 15 is 0 Å². The Morgan fingerprint density at radius 2 is 1.07 bits per heavy atom. The lowest BCUT2D eigenvalue weighted by atomic mass is 9.65. The van der Waals surface area contributed by atoms with E-state index in [0.29, 0.717) is 0 Å². The molecule has 0 amide bonds. The number of fused-ring (bicyclic) bond motifs is 14. The molecule has 9 aromatic carbocycles. The molecule has 2 aliphatic rings. The molecule has 1 aliphatic carbocycles. The summed E-state index contributed by atoms with van der Waals surface area (Å²) in [4.78, 5) is 2.51. The van der Waals surface area contributed by atoms with E-state index in [1.807, 2.05) is 11.3 Å². The number of hydrogen-bond donors (Lipinski definition) is 0. The van der Waals surface area contributed by atoms with Crippen LogP contribution in [0.5, 0.6) is 11.5 Å². The van der Waals surface area contributed by atoms with Gasteiger partial charge in [0.25, 0.3) is 0 Å². The monoisotopic (exact) mass is 731 g/mol. The molecule has 2 heterocycles. The Kier molecular flexibility index (Phi) is 6.75. The Labute approximate surface area is 329 Å². The largest absolute Gasteiger partial charge is 0.457 e. The number of ether oxygens (including phenoxy) is 1. The van der Waals surface area contributed by atoms with Gasteiger partial charge < -0.3 is 9.64 Å². The average Bonchev–Trinajstić information content (AvgIpc) is 3.79. The van der Waals surface area contributed by atoms with Gasteiger partial charge in [-0.25, -0.2) is 0 Å². The van der Waals surface area contributed by atoms with E-state index in [-0.39, 0.29) is 0 Å². The highest BCUT2D eigenvalue weighted by Crippen LogP contribution is 2.64. The summed E-state index contributed by atoms with van der Waals surface area (Å²) in [5, 5.41) is 5.03. The molecule has 0 radical (unpaired) electrons. The van der Waals surface area contributed by atoms with Gasteiger partial charge in [0, 0.05) is 42.6 Å². The topological polar surface area (TPSA) is 12.5 Å². The molecule has 262 valence electrons. The van der Waals surface area contributed by atoms with Crippen LogP contribution in [-0.2, 0) is 5.41 Å². The number of benzene rings is 9. The van der Waals surface area contributed by atoms with Crippen molar-refractivity contribution in [3.8, 4) is 33.8 Å². The van der Waals surface area contributed by atoms with Gasteiger partial charge in [-0.05, 0) is 87.1 Å². The lowest BCUT2D eigenvalue weighted by Gasteiger charge is -2.40. The van der Waals surface area contributed by atoms with Crippen LogP contribution in [0.15, 0.2) is 200 Å². The van der Waals surface area contributed by atoms with E-state index in [4.69, 9.17) is 4.74 Å². The summed E-state index contributed by atoms with van der Waals surface area (Å²) < 4.78 is 9.32. The first-order chi connectivity index (χ1) is 27.8. The van der Waals surface area contributed by atoms with Gasteiger partial charge in [0.2, 0.25) is 0 Å². The SMILES string of the molecule is c1ccc(-c2ccccc2N(c2ccc3c(c2)C2(c4ccccc4Oc4ccccc42)c2c-3ccc3ccccc23)c2cccc3sc4ccccc4c23)cc1. The zero-order valence-corrected chi connectivity index (χ0v) is 31.1. The molecule has 1 aliphatic heterocycles. The highest BCUT2D eigenvalue weighted by atomic mass is 32.1. The smallest absolute Gasteiger partial charge is 0.132 e. The number of anilines is 3. The number of thiophene rings is 1. The fourth-order valence-electron chi connectivity index (χ4n) is 9.69. The summed E-state index contributed by atoms with van der Waals surface area (Å²) in [5.41, 5.74) is 12.5. The highest BCUT2D eigenvalue weighted by molar-refractivity contribution is 7.26. The highest BCUT2D eigenvalue weighted by Gasteiger charge is 2.52. The molecular weight excluding hydrogens is 699 g/mol. The molecular formula is C53H33NOS. The lowest BCUT2D eigenvalue weighted by Crippen LogP contribution is -2.32. The summed E-state index contributed by atoms with van der Waals surface area (Å²) in [6.07, 6.45) is 0. The van der Waals surface area contributed by atoms with Crippen LogP contribution in [0.1, 0.15) is 22.3 Å². The van der Waals surface area contributed by atoms with Gasteiger partial charge in [-0.1, -0.05) is 152 Å². The number of rotatable bonds is 4. The van der Waals surface area contributed by atoms with Crippen LogP contribution in [0, 0.1) is 0 Å². The van der Waals surface area contributed by atoms with Gasteiger partial charge >= 0.3 is 0 Å². The van der Waals surface area contributed by atoms with Gasteiger partial charge in [-0.15, -0.1) is 11.3 Å². The second-order valence-corrected chi connectivity index (χ2v) is 15.8. The molecule has 0 fully saturated rings. The fraction of sp³-hybridized carbons (Fsp3) is 0.0189. The number of para-hydroxylation sites is 3. The third-order valence-electron chi connectivity index (χ3n) is 11.9. The zero-order chi connectivity index (χ0) is 36.8. The molecule has 56 heavy (non-hydrogen) atoms. The van der Waals surface area contributed by atoms with Gasteiger partial charge in [0.05, 0.1) is 16.8 Å². The quantitative estimate of drug-likeness (QED) is 0.179. The zero-order valence-electron chi connectivity index (χ0n) is 30.3. The Balaban J connectivity index is 1.22. The first-order valence-corrected chi connectivity index (χ1v) is 20.0. The first kappa shape index (κ1) is 31.4. The van der Waals surface area contributed by atoms with Crippen molar-refractivity contribution in [3.63, 3.8) is 0 Å². The van der Waals surface area contributed by atoms with Crippen LogP contribution in [0.2, 0.25) is 0 Å². The molecule has 0 unspecified atom stereocenters. The van der Waals surface area contributed by atoms with Crippen LogP contribution >= 0.6 is 11.3 Å². The van der Waals surface area contributed by atoms with E-state index in [0.717, 1.165) is 39.7 Å². The first-order valence-electron chi connectivity index (χ1n) is 19.2. The predicted octanol–water partition coefficient (Wildman–Crippen LogP) is 14.8. The van der Waals surface area contributed by atoms with Crippen molar-refractivity contribution < 1.29 is 4.74 Å². The third-order valence-corrected chi connectivity index (χ3v) is 13.0. The minimum Gasteiger partial charge on any atom is -0.457 e. The molecule has 2 nitrogen and oxygen atoms in total. The maximum atomic E-state index is 6.76. The maximum absolute atomic E-state index is 6.76. The van der Waals surface area contributed by atoms with Crippen LogP contribution < -0.4 is 9.64 Å². The molecule has 0 bridgehead atoms. The van der Waals surface area contributed by atoms with Gasteiger partial charge in [0.15, 0.2) is 0 Å². The van der Waals surface area contributed by atoms with Crippen molar-refractivity contribution in [1.82, 2.24) is 0 Å². The summed E-state index contributed by atoms with van der Waals surface area (Å²) >= 11 is 1.86. The van der Waals surface area contributed by atoms with E-state index in [2.05, 4.69) is 205 Å². The Hall–Kier alpha value is -6.94. The van der Waals surface area contributed by atoms with Gasteiger partial charge in [0.1, 0.15) is 11.5 Å². The van der Waals surface area contributed by atoms with E-state index in [9.17, 15) is 0 Å². The molecule has 0 atom stereocenters. The van der Waals surface area contributed by atoms with Crippen molar-refractivity contribution in [2.24, 2.45) is 0 Å². The summed E-state index contributed by atoms with van der Waals surface area (Å²) in [5.74, 6) is 1.79. The Morgan fingerprint density at radius 1 is 0.429 bits per heavy atom. The normalized spacial score (nSPS) is 13.3. The van der Waals surface area contributed by atoms with Crippen LogP contribution in [0.3, 0.4) is 0 Å². The Morgan fingerprint density at radius 3 is 1.91 bits per heavy atom. The van der Waals surface area contributed by atoms with Crippen molar-refractivity contribution in [2.75, 3.05) is 4.90 Å². The summed E-state index contributed by atoms with van der Waals surface area (Å²) in [6, 6.07) is 73.2. The number of hydrogen-bond acceptors (Lipinski definition) is 3. The second kappa shape index (κ2) is 12.0. The summed E-state index contributed by atoms with van der Waals surface area (Å²) in [7, 11) is 0. The third kappa shape index (κ3) is 4.32. The van der Waals surface area contributed by atoms with Crippen LogP contribution in [0.25, 0.3) is 53.2 Å². The minimum absolute atomic E-state index is 0.626. The summed E-state index contributed by atoms with van der Waals surface area (Å²) in [6.45, 7) is 0. The lowest BCUT2D eigenvalue weighted by molar-refractivity contribution is 0.437. The minimum atomic E-state index is -0.626. The molecule has 0 saturated heterocycles. The van der Waals surface area contributed by atoms with E-state index in [1.165, 1.54) is 64.3 Å². The van der Waals surface area contributed by atoms with Crippen LogP contribution in [-0.4, -0.2) is 0 Å². The molecule has 3 heteroatoms. The van der Waals surface area contributed by atoms with Crippen molar-refractivity contribution >= 4 is 59.3 Å². The van der Waals surface area contributed by atoms with Crippen molar-refractivity contribution in [1.29, 1.82) is 0 Å². The van der Waals surface area contributed by atoms with E-state index < -0.39 is 5.41 Å². The van der Waals surface area contributed by atoms with Gasteiger partial charge in [-0.2, -0.15) is 0 Å². The number of nitrogens with zero attached hydrogens (tertiary/aromatic N) is 1. The molecule has 1 spiro atoms. The molecule has 0 N–H and O–H groups in total. The second-order valence-electron chi connectivity index (χ2n) is 14.8. The molecule has 0 saturated carbocycles. The maximum Gasteiger partial charge on any atom is 0.132 e. The molecule has 1 aromatic heterocycles. The van der Waals surface area contributed by atoms with Crippen molar-refractivity contribution in [3.05, 3.63) is 222 Å². The standard InChI is InChI=1S/C53H33NOS/c1-2-15-34(16-3-1)37-18-6-10-23-45(37)54(46-24-14-28-50-51(46)41-20-7-13-27-49(41)56-50)36-30-32-39-40-31-29-35-17-4-5-19-38(35)52(40)53(44(39)33-36)42-21-8-11-25-47(42)55-48-26-12-9-22-43(48)53/h1-33H. The molecule has 10 aromatic rings. The molecule has 12 rings (SSSR count).